The number of aryl methyl sites for hydroxylation is 2. The number of aromatic nitrogens is 1. The first-order valence-electron chi connectivity index (χ1n) is 9.38. The van der Waals surface area contributed by atoms with Gasteiger partial charge in [-0.1, -0.05) is 18.2 Å². The minimum atomic E-state index is -0.0886. The van der Waals surface area contributed by atoms with Crippen LogP contribution in [0.1, 0.15) is 40.1 Å². The van der Waals surface area contributed by atoms with Crippen molar-refractivity contribution in [2.45, 2.75) is 32.1 Å². The predicted octanol–water partition coefficient (Wildman–Crippen LogP) is 4.51. The lowest BCUT2D eigenvalue weighted by Crippen LogP contribution is -2.24. The number of thiophene rings is 1. The van der Waals surface area contributed by atoms with Crippen molar-refractivity contribution in [3.05, 3.63) is 57.1 Å². The summed E-state index contributed by atoms with van der Waals surface area (Å²) in [5.41, 5.74) is 4.87. The molecule has 4 rings (SSSR count). The van der Waals surface area contributed by atoms with Crippen LogP contribution in [0.2, 0.25) is 0 Å². The van der Waals surface area contributed by atoms with Crippen molar-refractivity contribution in [3.8, 4) is 11.3 Å². The van der Waals surface area contributed by atoms with Crippen LogP contribution < -0.4 is 10.6 Å². The molecule has 2 amide bonds. The van der Waals surface area contributed by atoms with E-state index in [0.717, 1.165) is 17.7 Å². The number of thiazole rings is 1. The van der Waals surface area contributed by atoms with Gasteiger partial charge < -0.3 is 10.6 Å². The molecule has 144 valence electrons. The van der Waals surface area contributed by atoms with Gasteiger partial charge in [-0.05, 0) is 54.3 Å². The Morgan fingerprint density at radius 2 is 2.00 bits per heavy atom. The number of nitrogens with zero attached hydrogens (tertiary/aromatic N) is 1. The first-order valence-corrected chi connectivity index (χ1v) is 11.1. The zero-order chi connectivity index (χ0) is 19.3. The van der Waals surface area contributed by atoms with E-state index >= 15 is 0 Å². The molecule has 0 saturated carbocycles. The fraction of sp³-hybridized carbons (Fsp3) is 0.286. The Labute approximate surface area is 171 Å². The van der Waals surface area contributed by atoms with Crippen LogP contribution >= 0.6 is 22.7 Å². The molecule has 1 aliphatic rings. The number of anilines is 1. The molecule has 7 heteroatoms. The Morgan fingerprint density at radius 3 is 2.86 bits per heavy atom. The molecule has 0 radical (unpaired) electrons. The fourth-order valence-electron chi connectivity index (χ4n) is 3.32. The van der Waals surface area contributed by atoms with Gasteiger partial charge in [0.25, 0.3) is 5.91 Å². The summed E-state index contributed by atoms with van der Waals surface area (Å²) >= 11 is 2.84. The number of hydrogen-bond donors (Lipinski definition) is 2. The molecule has 2 N–H and O–H groups in total. The van der Waals surface area contributed by atoms with Gasteiger partial charge in [0.05, 0.1) is 10.6 Å². The van der Waals surface area contributed by atoms with Gasteiger partial charge in [0.1, 0.15) is 0 Å². The lowest BCUT2D eigenvalue weighted by molar-refractivity contribution is -0.116. The van der Waals surface area contributed by atoms with E-state index in [4.69, 9.17) is 0 Å². The molecule has 1 aliphatic carbocycles. The van der Waals surface area contributed by atoms with Gasteiger partial charge in [0.2, 0.25) is 5.91 Å². The molecule has 2 aromatic heterocycles. The summed E-state index contributed by atoms with van der Waals surface area (Å²) in [5.74, 6) is -0.172. The molecular weight excluding hydrogens is 390 g/mol. The number of carbonyl (C=O) groups is 2. The van der Waals surface area contributed by atoms with E-state index in [1.807, 2.05) is 16.8 Å². The molecule has 0 spiro atoms. The normalized spacial score (nSPS) is 12.6. The molecule has 0 fully saturated rings. The van der Waals surface area contributed by atoms with Crippen LogP contribution in [-0.4, -0.2) is 23.3 Å². The zero-order valence-electron chi connectivity index (χ0n) is 15.4. The second kappa shape index (κ2) is 8.67. The molecule has 0 saturated heterocycles. The van der Waals surface area contributed by atoms with E-state index in [0.29, 0.717) is 29.4 Å². The number of nitrogens with one attached hydrogen (secondary N) is 2. The molecule has 1 aromatic carbocycles. The lowest BCUT2D eigenvalue weighted by atomic mass is 10.1. The second-order valence-corrected chi connectivity index (χ2v) is 8.57. The van der Waals surface area contributed by atoms with E-state index < -0.39 is 0 Å². The van der Waals surface area contributed by atoms with Crippen LogP contribution in [0.3, 0.4) is 0 Å². The Morgan fingerprint density at radius 1 is 1.11 bits per heavy atom. The number of rotatable bonds is 7. The van der Waals surface area contributed by atoms with Gasteiger partial charge in [-0.25, -0.2) is 4.98 Å². The molecule has 28 heavy (non-hydrogen) atoms. The number of fused-ring (bicyclic) bond motifs is 1. The van der Waals surface area contributed by atoms with E-state index in [-0.39, 0.29) is 11.8 Å². The van der Waals surface area contributed by atoms with Gasteiger partial charge >= 0.3 is 0 Å². The van der Waals surface area contributed by atoms with Crippen molar-refractivity contribution >= 4 is 39.6 Å². The molecule has 0 bridgehead atoms. The summed E-state index contributed by atoms with van der Waals surface area (Å²) in [6, 6.07) is 10.2. The summed E-state index contributed by atoms with van der Waals surface area (Å²) in [7, 11) is 0. The van der Waals surface area contributed by atoms with Crippen molar-refractivity contribution in [3.63, 3.8) is 0 Å². The third-order valence-corrected chi connectivity index (χ3v) is 6.38. The first kappa shape index (κ1) is 18.8. The van der Waals surface area contributed by atoms with Crippen molar-refractivity contribution in [1.82, 2.24) is 10.3 Å². The Kier molecular flexibility index (Phi) is 5.83. The van der Waals surface area contributed by atoms with Crippen molar-refractivity contribution < 1.29 is 9.59 Å². The summed E-state index contributed by atoms with van der Waals surface area (Å²) in [5, 5.41) is 10.1. The first-order chi connectivity index (χ1) is 13.7. The Balaban J connectivity index is 1.24. The van der Waals surface area contributed by atoms with E-state index in [2.05, 4.69) is 33.8 Å². The van der Waals surface area contributed by atoms with Gasteiger partial charge in [0, 0.05) is 23.9 Å². The summed E-state index contributed by atoms with van der Waals surface area (Å²) in [6.07, 6.45) is 4.47. The number of carbonyl (C=O) groups excluding carboxylic acids is 2. The highest BCUT2D eigenvalue weighted by atomic mass is 32.1. The van der Waals surface area contributed by atoms with E-state index in [1.54, 1.807) is 6.07 Å². The average Bonchev–Trinajstić information content (AvgIpc) is 3.45. The largest absolute Gasteiger partial charge is 0.351 e. The SMILES string of the molecule is O=C(CCCNC(=O)c1cccs1)Nc1nc(-c2ccc3c(c2)CCC3)cs1. The topological polar surface area (TPSA) is 71.1 Å². The maximum atomic E-state index is 12.1. The minimum Gasteiger partial charge on any atom is -0.351 e. The highest BCUT2D eigenvalue weighted by molar-refractivity contribution is 7.14. The number of amides is 2. The van der Waals surface area contributed by atoms with Crippen LogP contribution in [0, 0.1) is 0 Å². The zero-order valence-corrected chi connectivity index (χ0v) is 17.0. The summed E-state index contributed by atoms with van der Waals surface area (Å²) in [6.45, 7) is 0.475. The van der Waals surface area contributed by atoms with Crippen molar-refractivity contribution in [2.75, 3.05) is 11.9 Å². The summed E-state index contributed by atoms with van der Waals surface area (Å²) < 4.78 is 0. The number of hydrogen-bond acceptors (Lipinski definition) is 5. The smallest absolute Gasteiger partial charge is 0.261 e. The summed E-state index contributed by atoms with van der Waals surface area (Å²) in [4.78, 5) is 29.2. The van der Waals surface area contributed by atoms with Gasteiger partial charge in [-0.2, -0.15) is 0 Å². The molecule has 0 unspecified atom stereocenters. The van der Waals surface area contributed by atoms with E-state index in [9.17, 15) is 9.59 Å². The highest BCUT2D eigenvalue weighted by Crippen LogP contribution is 2.30. The third-order valence-electron chi connectivity index (χ3n) is 4.76. The van der Waals surface area contributed by atoms with Gasteiger partial charge in [-0.3, -0.25) is 9.59 Å². The minimum absolute atomic E-state index is 0.0831. The van der Waals surface area contributed by atoms with Crippen molar-refractivity contribution in [2.24, 2.45) is 0 Å². The average molecular weight is 412 g/mol. The molecule has 0 atom stereocenters. The van der Waals surface area contributed by atoms with Crippen LogP contribution in [0.4, 0.5) is 5.13 Å². The maximum absolute atomic E-state index is 12.1. The predicted molar refractivity (Wildman–Crippen MR) is 114 cm³/mol. The fourth-order valence-corrected chi connectivity index (χ4v) is 4.70. The molecule has 2 heterocycles. The molecule has 0 aliphatic heterocycles. The lowest BCUT2D eigenvalue weighted by Gasteiger charge is -2.04. The maximum Gasteiger partial charge on any atom is 0.261 e. The quantitative estimate of drug-likeness (QED) is 0.562. The van der Waals surface area contributed by atoms with Crippen LogP contribution in [0.25, 0.3) is 11.3 Å². The standard InChI is InChI=1S/C21H21N3O2S2/c25-19(7-2-10-22-20(26)18-6-3-11-27-18)24-21-23-17(13-28-21)16-9-8-14-4-1-5-15(14)12-16/h3,6,8-9,11-13H,1-2,4-5,7,10H2,(H,22,26)(H,23,24,25). The van der Waals surface area contributed by atoms with Crippen molar-refractivity contribution in [1.29, 1.82) is 0 Å². The molecule has 3 aromatic rings. The van der Waals surface area contributed by atoms with Gasteiger partial charge in [-0.15, -0.1) is 22.7 Å². The highest BCUT2D eigenvalue weighted by Gasteiger charge is 2.13. The second-order valence-electron chi connectivity index (χ2n) is 6.76. The van der Waals surface area contributed by atoms with Crippen LogP contribution in [0.5, 0.6) is 0 Å². The number of benzene rings is 1. The Hall–Kier alpha value is -2.51. The van der Waals surface area contributed by atoms with Crippen LogP contribution in [0.15, 0.2) is 41.1 Å². The monoisotopic (exact) mass is 411 g/mol. The van der Waals surface area contributed by atoms with E-state index in [1.165, 1.54) is 46.6 Å². The van der Waals surface area contributed by atoms with Gasteiger partial charge in [0.15, 0.2) is 5.13 Å². The van der Waals surface area contributed by atoms with Crippen LogP contribution in [-0.2, 0) is 17.6 Å². The Bertz CT molecular complexity index is 979. The molecular formula is C21H21N3O2S2. The third kappa shape index (κ3) is 4.48. The molecule has 5 nitrogen and oxygen atoms in total.